The molecule has 2 unspecified atom stereocenters. The second kappa shape index (κ2) is 6.79. The average molecular weight is 296 g/mol. The molecule has 2 N–H and O–H groups in total. The Morgan fingerprint density at radius 3 is 2.80 bits per heavy atom. The summed E-state index contributed by atoms with van der Waals surface area (Å²) in [5, 5.41) is 0.825. The van der Waals surface area contributed by atoms with Gasteiger partial charge in [-0.1, -0.05) is 17.7 Å². The maximum atomic E-state index is 6.43. The minimum absolute atomic E-state index is 0.168. The fraction of sp³-hybridized carbons (Fsp3) is 0.625. The predicted molar refractivity (Wildman–Crippen MR) is 87.7 cm³/mol. The Labute approximate surface area is 127 Å². The Kier molecular flexibility index (Phi) is 5.30. The molecule has 20 heavy (non-hydrogen) atoms. The van der Waals surface area contributed by atoms with Crippen molar-refractivity contribution in [1.29, 1.82) is 0 Å². The summed E-state index contributed by atoms with van der Waals surface area (Å²) in [6.07, 6.45) is 3.45. The van der Waals surface area contributed by atoms with Crippen molar-refractivity contribution in [3.63, 3.8) is 0 Å². The minimum Gasteiger partial charge on any atom is -0.372 e. The second-order valence-electron chi connectivity index (χ2n) is 6.12. The highest BCUT2D eigenvalue weighted by molar-refractivity contribution is 6.33. The molecule has 0 spiro atoms. The fourth-order valence-corrected chi connectivity index (χ4v) is 3.33. The summed E-state index contributed by atoms with van der Waals surface area (Å²) in [5.74, 6) is 0. The number of nitrogens with two attached hydrogens (primary N) is 1. The number of likely N-dealkylation sites (tertiary alicyclic amines) is 1. The van der Waals surface area contributed by atoms with Crippen LogP contribution in [0.5, 0.6) is 0 Å². The predicted octanol–water partition coefficient (Wildman–Crippen LogP) is 2.76. The van der Waals surface area contributed by atoms with Crippen LogP contribution in [-0.4, -0.2) is 44.2 Å². The van der Waals surface area contributed by atoms with Gasteiger partial charge in [-0.25, -0.2) is 0 Å². The molecule has 112 valence electrons. The van der Waals surface area contributed by atoms with Gasteiger partial charge in [0, 0.05) is 25.7 Å². The van der Waals surface area contributed by atoms with Crippen molar-refractivity contribution < 1.29 is 0 Å². The molecule has 1 saturated heterocycles. The van der Waals surface area contributed by atoms with Crippen LogP contribution in [0.3, 0.4) is 0 Å². The molecule has 1 heterocycles. The average Bonchev–Trinajstić information content (AvgIpc) is 2.74. The molecule has 1 fully saturated rings. The molecule has 0 radical (unpaired) electrons. The van der Waals surface area contributed by atoms with Crippen molar-refractivity contribution in [1.82, 2.24) is 4.90 Å². The number of hydrogen-bond acceptors (Lipinski definition) is 3. The second-order valence-corrected chi connectivity index (χ2v) is 6.53. The molecule has 4 heteroatoms. The first-order valence-corrected chi connectivity index (χ1v) is 7.80. The SMILES string of the molecule is CC(N)Cc1ccc(N(C)CC2CCCN2C)c(Cl)c1. The van der Waals surface area contributed by atoms with Gasteiger partial charge in [0.15, 0.2) is 0 Å². The van der Waals surface area contributed by atoms with Crippen LogP contribution in [0.25, 0.3) is 0 Å². The number of benzene rings is 1. The first-order valence-electron chi connectivity index (χ1n) is 7.42. The van der Waals surface area contributed by atoms with Gasteiger partial charge in [0.2, 0.25) is 0 Å². The summed E-state index contributed by atoms with van der Waals surface area (Å²) in [5.41, 5.74) is 8.16. The van der Waals surface area contributed by atoms with Crippen molar-refractivity contribution in [3.05, 3.63) is 28.8 Å². The molecule has 3 nitrogen and oxygen atoms in total. The lowest BCUT2D eigenvalue weighted by Gasteiger charge is -2.28. The van der Waals surface area contributed by atoms with Crippen LogP contribution in [0.2, 0.25) is 5.02 Å². The van der Waals surface area contributed by atoms with Crippen molar-refractivity contribution in [3.8, 4) is 0 Å². The lowest BCUT2D eigenvalue weighted by atomic mass is 10.1. The first kappa shape index (κ1) is 15.6. The molecule has 0 bridgehead atoms. The third kappa shape index (κ3) is 3.87. The first-order chi connectivity index (χ1) is 9.47. The van der Waals surface area contributed by atoms with E-state index in [1.165, 1.54) is 24.9 Å². The zero-order valence-corrected chi connectivity index (χ0v) is 13.5. The summed E-state index contributed by atoms with van der Waals surface area (Å²) >= 11 is 6.43. The normalized spacial score (nSPS) is 21.1. The standard InChI is InChI=1S/C16H26ClN3/c1-12(18)9-13-6-7-16(15(17)10-13)20(3)11-14-5-4-8-19(14)2/h6-7,10,12,14H,4-5,8-9,11,18H2,1-3H3. The Hall–Kier alpha value is -0.770. The van der Waals surface area contributed by atoms with E-state index in [2.05, 4.69) is 42.1 Å². The summed E-state index contributed by atoms with van der Waals surface area (Å²) in [7, 11) is 4.33. The minimum atomic E-state index is 0.168. The number of hydrogen-bond donors (Lipinski definition) is 1. The molecule has 0 aliphatic carbocycles. The summed E-state index contributed by atoms with van der Waals surface area (Å²) in [6, 6.07) is 7.12. The van der Waals surface area contributed by atoms with Crippen LogP contribution in [0, 0.1) is 0 Å². The van der Waals surface area contributed by atoms with Crippen molar-refractivity contribution >= 4 is 17.3 Å². The molecule has 1 aromatic carbocycles. The molecule has 1 aromatic rings. The van der Waals surface area contributed by atoms with Gasteiger partial charge in [0.1, 0.15) is 0 Å². The summed E-state index contributed by atoms with van der Waals surface area (Å²) < 4.78 is 0. The smallest absolute Gasteiger partial charge is 0.0642 e. The Morgan fingerprint density at radius 1 is 1.50 bits per heavy atom. The largest absolute Gasteiger partial charge is 0.372 e. The number of likely N-dealkylation sites (N-methyl/N-ethyl adjacent to an activating group) is 2. The van der Waals surface area contributed by atoms with E-state index in [1.807, 2.05) is 6.92 Å². The molecule has 1 aliphatic rings. The number of rotatable bonds is 5. The van der Waals surface area contributed by atoms with Crippen LogP contribution < -0.4 is 10.6 Å². The van der Waals surface area contributed by atoms with Crippen LogP contribution in [0.4, 0.5) is 5.69 Å². The van der Waals surface area contributed by atoms with Gasteiger partial charge >= 0.3 is 0 Å². The van der Waals surface area contributed by atoms with Crippen LogP contribution in [0.15, 0.2) is 18.2 Å². The zero-order chi connectivity index (χ0) is 14.7. The summed E-state index contributed by atoms with van der Waals surface area (Å²) in [4.78, 5) is 4.71. The van der Waals surface area contributed by atoms with Crippen LogP contribution in [-0.2, 0) is 6.42 Å². The topological polar surface area (TPSA) is 32.5 Å². The maximum absolute atomic E-state index is 6.43. The van der Waals surface area contributed by atoms with Gasteiger partial charge in [0.25, 0.3) is 0 Å². The Balaban J connectivity index is 2.04. The Bertz CT molecular complexity index is 447. The van der Waals surface area contributed by atoms with Gasteiger partial charge in [0.05, 0.1) is 10.7 Å². The molecule has 1 aliphatic heterocycles. The van der Waals surface area contributed by atoms with E-state index in [-0.39, 0.29) is 6.04 Å². The van der Waals surface area contributed by atoms with Crippen LogP contribution >= 0.6 is 11.6 Å². The third-order valence-electron chi connectivity index (χ3n) is 4.14. The van der Waals surface area contributed by atoms with E-state index in [0.29, 0.717) is 6.04 Å². The zero-order valence-electron chi connectivity index (χ0n) is 12.8. The molecule has 2 rings (SSSR count). The molecular weight excluding hydrogens is 270 g/mol. The highest BCUT2D eigenvalue weighted by atomic mass is 35.5. The van der Waals surface area contributed by atoms with Gasteiger partial charge in [-0.05, 0) is 57.5 Å². The molecular formula is C16H26ClN3. The fourth-order valence-electron chi connectivity index (χ4n) is 2.98. The van der Waals surface area contributed by atoms with Crippen molar-refractivity contribution in [2.24, 2.45) is 5.73 Å². The lowest BCUT2D eigenvalue weighted by Crippen LogP contribution is -2.36. The Morgan fingerprint density at radius 2 is 2.25 bits per heavy atom. The van der Waals surface area contributed by atoms with E-state index in [1.54, 1.807) is 0 Å². The lowest BCUT2D eigenvalue weighted by molar-refractivity contribution is 0.314. The summed E-state index contributed by atoms with van der Waals surface area (Å²) in [6.45, 7) is 4.26. The highest BCUT2D eigenvalue weighted by Gasteiger charge is 2.22. The van der Waals surface area contributed by atoms with Crippen molar-refractivity contribution in [2.45, 2.75) is 38.3 Å². The van der Waals surface area contributed by atoms with E-state index in [9.17, 15) is 0 Å². The van der Waals surface area contributed by atoms with E-state index < -0.39 is 0 Å². The highest BCUT2D eigenvalue weighted by Crippen LogP contribution is 2.28. The van der Waals surface area contributed by atoms with Gasteiger partial charge < -0.3 is 15.5 Å². The van der Waals surface area contributed by atoms with E-state index >= 15 is 0 Å². The van der Waals surface area contributed by atoms with Crippen LogP contribution in [0.1, 0.15) is 25.3 Å². The monoisotopic (exact) mass is 295 g/mol. The van der Waals surface area contributed by atoms with E-state index in [0.717, 1.165) is 23.7 Å². The number of halogens is 1. The van der Waals surface area contributed by atoms with Gasteiger partial charge in [-0.2, -0.15) is 0 Å². The van der Waals surface area contributed by atoms with E-state index in [4.69, 9.17) is 17.3 Å². The number of nitrogens with zero attached hydrogens (tertiary/aromatic N) is 2. The van der Waals surface area contributed by atoms with Crippen molar-refractivity contribution in [2.75, 3.05) is 32.1 Å². The molecule has 0 amide bonds. The maximum Gasteiger partial charge on any atom is 0.0642 e. The van der Waals surface area contributed by atoms with Gasteiger partial charge in [-0.3, -0.25) is 0 Å². The molecule has 2 atom stereocenters. The molecule has 0 saturated carbocycles. The number of anilines is 1. The quantitative estimate of drug-likeness (QED) is 0.906. The van der Waals surface area contributed by atoms with Gasteiger partial charge in [-0.15, -0.1) is 0 Å². The third-order valence-corrected chi connectivity index (χ3v) is 4.44. The molecule has 0 aromatic heterocycles.